The molecule has 8 nitrogen and oxygen atoms in total. The number of ether oxygens (including phenoxy) is 1. The van der Waals surface area contributed by atoms with Crippen LogP contribution in [0.3, 0.4) is 0 Å². The van der Waals surface area contributed by atoms with Crippen molar-refractivity contribution in [2.45, 2.75) is 71.0 Å². The molecule has 41 heavy (non-hydrogen) atoms. The van der Waals surface area contributed by atoms with Crippen molar-refractivity contribution >= 4 is 27.5 Å². The fourth-order valence-electron chi connectivity index (χ4n) is 4.43. The molecule has 0 aliphatic carbocycles. The number of carbonyl (C=O) groups excluding carboxylic acids is 2. The van der Waals surface area contributed by atoms with Gasteiger partial charge in [-0.1, -0.05) is 74.0 Å². The van der Waals surface area contributed by atoms with Crippen LogP contribution in [0, 0.1) is 6.92 Å². The lowest BCUT2D eigenvalue weighted by molar-refractivity contribution is -0.140. The molecule has 3 aromatic carbocycles. The molecule has 0 radical (unpaired) electrons. The average Bonchev–Trinajstić information content (AvgIpc) is 2.97. The molecule has 3 aromatic rings. The molecule has 0 spiro atoms. The highest BCUT2D eigenvalue weighted by Gasteiger charge is 2.35. The number of nitrogens with zero attached hydrogens (tertiary/aromatic N) is 2. The summed E-state index contributed by atoms with van der Waals surface area (Å²) in [6.07, 6.45) is 1.10. The van der Waals surface area contributed by atoms with Gasteiger partial charge in [-0.3, -0.25) is 13.9 Å². The molecule has 3 rings (SSSR count). The zero-order valence-corrected chi connectivity index (χ0v) is 25.4. The Bertz CT molecular complexity index is 1390. The van der Waals surface area contributed by atoms with Gasteiger partial charge in [0.15, 0.2) is 0 Å². The molecule has 9 heteroatoms. The van der Waals surface area contributed by atoms with Crippen LogP contribution in [-0.2, 0) is 26.2 Å². The lowest BCUT2D eigenvalue weighted by Gasteiger charge is -2.34. The molecule has 0 fully saturated rings. The van der Waals surface area contributed by atoms with E-state index in [4.69, 9.17) is 4.74 Å². The lowest BCUT2D eigenvalue weighted by atomic mass is 10.1. The molecule has 2 atom stereocenters. The van der Waals surface area contributed by atoms with Gasteiger partial charge < -0.3 is 15.0 Å². The Morgan fingerprint density at radius 2 is 1.51 bits per heavy atom. The fraction of sp³-hybridized carbons (Fsp3) is 0.375. The molecule has 220 valence electrons. The van der Waals surface area contributed by atoms with E-state index in [1.807, 2.05) is 65.0 Å². The molecule has 0 bridgehead atoms. The van der Waals surface area contributed by atoms with Crippen LogP contribution in [0.25, 0.3) is 0 Å². The van der Waals surface area contributed by atoms with Crippen molar-refractivity contribution in [1.29, 1.82) is 0 Å². The number of nitrogens with one attached hydrogen (secondary N) is 1. The van der Waals surface area contributed by atoms with Gasteiger partial charge in [-0.25, -0.2) is 8.42 Å². The van der Waals surface area contributed by atoms with Gasteiger partial charge in [0.2, 0.25) is 11.8 Å². The zero-order chi connectivity index (χ0) is 30.0. The number of hydrogen-bond acceptors (Lipinski definition) is 5. The van der Waals surface area contributed by atoms with Gasteiger partial charge in [0, 0.05) is 12.6 Å². The van der Waals surface area contributed by atoms with Crippen LogP contribution in [0.1, 0.15) is 51.7 Å². The highest BCUT2D eigenvalue weighted by Crippen LogP contribution is 2.33. The molecular formula is C32H41N3O5S. The largest absolute Gasteiger partial charge is 0.492 e. The summed E-state index contributed by atoms with van der Waals surface area (Å²) in [5.74, 6) is -0.426. The van der Waals surface area contributed by atoms with E-state index >= 15 is 0 Å². The molecule has 2 amide bonds. The smallest absolute Gasteiger partial charge is 0.264 e. The maximum atomic E-state index is 14.2. The van der Waals surface area contributed by atoms with Crippen molar-refractivity contribution in [3.63, 3.8) is 0 Å². The topological polar surface area (TPSA) is 96.0 Å². The fourth-order valence-corrected chi connectivity index (χ4v) is 5.86. The van der Waals surface area contributed by atoms with E-state index in [1.54, 1.807) is 36.4 Å². The molecule has 0 aliphatic heterocycles. The summed E-state index contributed by atoms with van der Waals surface area (Å²) >= 11 is 0. The summed E-state index contributed by atoms with van der Waals surface area (Å²) in [5, 5.41) is 2.99. The van der Waals surface area contributed by atoms with Crippen LogP contribution >= 0.6 is 0 Å². The van der Waals surface area contributed by atoms with E-state index in [9.17, 15) is 18.0 Å². The minimum absolute atomic E-state index is 0.0540. The third-order valence-electron chi connectivity index (χ3n) is 6.90. The lowest BCUT2D eigenvalue weighted by Crippen LogP contribution is -2.53. The van der Waals surface area contributed by atoms with Gasteiger partial charge in [0.05, 0.1) is 17.2 Å². The summed E-state index contributed by atoms with van der Waals surface area (Å²) in [6.45, 7) is 9.37. The van der Waals surface area contributed by atoms with E-state index < -0.39 is 28.5 Å². The predicted molar refractivity (Wildman–Crippen MR) is 162 cm³/mol. The number of hydrogen-bond donors (Lipinski definition) is 1. The molecule has 0 unspecified atom stereocenters. The Labute approximate surface area is 244 Å². The van der Waals surface area contributed by atoms with Crippen LogP contribution in [0.2, 0.25) is 0 Å². The normalized spacial score (nSPS) is 12.7. The van der Waals surface area contributed by atoms with E-state index in [0.29, 0.717) is 18.8 Å². The van der Waals surface area contributed by atoms with Crippen molar-refractivity contribution in [2.24, 2.45) is 0 Å². The summed E-state index contributed by atoms with van der Waals surface area (Å²) in [7, 11) is -4.18. The molecule has 0 aromatic heterocycles. The Balaban J connectivity index is 2.09. The van der Waals surface area contributed by atoms with Gasteiger partial charge in [0.25, 0.3) is 10.0 Å². The second-order valence-corrected chi connectivity index (χ2v) is 11.8. The van der Waals surface area contributed by atoms with Gasteiger partial charge in [-0.2, -0.15) is 0 Å². The number of sulfonamides is 1. The zero-order valence-electron chi connectivity index (χ0n) is 24.5. The first-order valence-corrected chi connectivity index (χ1v) is 15.5. The number of rotatable bonds is 14. The third-order valence-corrected chi connectivity index (χ3v) is 8.68. The van der Waals surface area contributed by atoms with Gasteiger partial charge >= 0.3 is 0 Å². The van der Waals surface area contributed by atoms with Crippen molar-refractivity contribution in [3.05, 3.63) is 90.0 Å². The average molecular weight is 580 g/mol. The van der Waals surface area contributed by atoms with E-state index in [-0.39, 0.29) is 29.1 Å². The minimum Gasteiger partial charge on any atom is -0.492 e. The number of aryl methyl sites for hydroxylation is 1. The van der Waals surface area contributed by atoms with Gasteiger partial charge in [-0.05, 0) is 63.4 Å². The molecule has 0 saturated heterocycles. The quantitative estimate of drug-likeness (QED) is 0.279. The van der Waals surface area contributed by atoms with Gasteiger partial charge in [-0.15, -0.1) is 0 Å². The van der Waals surface area contributed by atoms with E-state index in [0.717, 1.165) is 21.9 Å². The third kappa shape index (κ3) is 8.10. The highest BCUT2D eigenvalue weighted by atomic mass is 32.2. The summed E-state index contributed by atoms with van der Waals surface area (Å²) in [4.78, 5) is 29.1. The number of carbonyl (C=O) groups is 2. The van der Waals surface area contributed by atoms with E-state index in [2.05, 4.69) is 5.32 Å². The molecule has 0 aliphatic rings. The van der Waals surface area contributed by atoms with Crippen molar-refractivity contribution < 1.29 is 22.7 Å². The van der Waals surface area contributed by atoms with Crippen LogP contribution in [0.15, 0.2) is 83.8 Å². The van der Waals surface area contributed by atoms with Crippen LogP contribution in [0.5, 0.6) is 5.75 Å². The summed E-state index contributed by atoms with van der Waals surface area (Å²) in [6, 6.07) is 21.8. The number of amides is 2. The molecule has 0 heterocycles. The number of para-hydroxylation sites is 2. The van der Waals surface area contributed by atoms with Crippen molar-refractivity contribution in [3.8, 4) is 5.75 Å². The van der Waals surface area contributed by atoms with Crippen LogP contribution in [0.4, 0.5) is 5.69 Å². The standard InChI is InChI=1S/C32H41N3O5S/c1-6-25(5)33-32(37)28(7-2)34(22-26-14-10-9-11-15-26)31(36)23-35(29-16-12-13-17-30(29)40-8-3)41(38,39)27-20-18-24(4)19-21-27/h9-21,25,28H,6-8,22-23H2,1-5H3,(H,33,37)/t25-,28-/m1/s1. The predicted octanol–water partition coefficient (Wildman–Crippen LogP) is 5.31. The Morgan fingerprint density at radius 1 is 0.878 bits per heavy atom. The summed E-state index contributed by atoms with van der Waals surface area (Å²) < 4.78 is 35.0. The van der Waals surface area contributed by atoms with Crippen molar-refractivity contribution in [2.75, 3.05) is 17.5 Å². The van der Waals surface area contributed by atoms with E-state index in [1.165, 1.54) is 17.0 Å². The van der Waals surface area contributed by atoms with Gasteiger partial charge in [0.1, 0.15) is 18.3 Å². The first kappa shape index (κ1) is 31.7. The number of benzene rings is 3. The second-order valence-electron chi connectivity index (χ2n) is 9.97. The van der Waals surface area contributed by atoms with Crippen molar-refractivity contribution in [1.82, 2.24) is 10.2 Å². The molecule has 1 N–H and O–H groups in total. The molecular weight excluding hydrogens is 538 g/mol. The SMILES string of the molecule is CCOc1ccccc1N(CC(=O)N(Cc1ccccc1)[C@H](CC)C(=O)N[C@H](C)CC)S(=O)(=O)c1ccc(C)cc1. The first-order chi connectivity index (χ1) is 19.6. The summed E-state index contributed by atoms with van der Waals surface area (Å²) in [5.41, 5.74) is 1.99. The molecule has 0 saturated carbocycles. The Kier molecular flexibility index (Phi) is 11.3. The minimum atomic E-state index is -4.18. The maximum absolute atomic E-state index is 14.2. The number of anilines is 1. The first-order valence-electron chi connectivity index (χ1n) is 14.1. The monoisotopic (exact) mass is 579 g/mol. The Morgan fingerprint density at radius 3 is 2.12 bits per heavy atom. The van der Waals surface area contributed by atoms with Crippen LogP contribution < -0.4 is 14.4 Å². The maximum Gasteiger partial charge on any atom is 0.264 e. The second kappa shape index (κ2) is 14.7. The highest BCUT2D eigenvalue weighted by molar-refractivity contribution is 7.92. The Hall–Kier alpha value is -3.85. The van der Waals surface area contributed by atoms with Crippen LogP contribution in [-0.4, -0.2) is 50.4 Å².